The summed E-state index contributed by atoms with van der Waals surface area (Å²) in [6.45, 7) is 6.77. The van der Waals surface area contributed by atoms with E-state index in [0.29, 0.717) is 0 Å². The molecule has 0 spiro atoms. The molecular weight excluding hydrogens is 370 g/mol. The van der Waals surface area contributed by atoms with Crippen molar-refractivity contribution in [1.82, 2.24) is 0 Å². The monoisotopic (exact) mass is 402 g/mol. The number of hydrogen-bond acceptors (Lipinski definition) is 1. The van der Waals surface area contributed by atoms with Gasteiger partial charge in [-0.2, -0.15) is 0 Å². The second kappa shape index (κ2) is 10.5. The average Bonchev–Trinajstić information content (AvgIpc) is 2.51. The second-order valence-corrected chi connectivity index (χ2v) is 17.7. The summed E-state index contributed by atoms with van der Waals surface area (Å²) in [5.74, 6) is 0.717. The molecule has 0 aromatic heterocycles. The van der Waals surface area contributed by atoms with Gasteiger partial charge in [0.25, 0.3) is 0 Å². The molecule has 0 aliphatic rings. The molecule has 0 unspecified atom stereocenters. The van der Waals surface area contributed by atoms with E-state index in [4.69, 9.17) is 3.07 Å². The minimum atomic E-state index is -2.59. The van der Waals surface area contributed by atoms with Crippen LogP contribution in [-0.2, 0) is 0 Å². The molecule has 0 aliphatic heterocycles. The number of benzene rings is 1. The molecule has 0 aliphatic carbocycles. The van der Waals surface area contributed by atoms with Crippen molar-refractivity contribution in [2.24, 2.45) is 0 Å². The SMILES string of the molecule is CCC[CH2][Sn]([CH2]CCC)([CH2]CCC)[O]c1ccc(F)cc1. The van der Waals surface area contributed by atoms with Crippen molar-refractivity contribution in [2.75, 3.05) is 0 Å². The zero-order valence-corrected chi connectivity index (χ0v) is 16.8. The Balaban J connectivity index is 2.85. The van der Waals surface area contributed by atoms with Gasteiger partial charge < -0.3 is 0 Å². The van der Waals surface area contributed by atoms with Crippen LogP contribution in [-0.4, -0.2) is 18.8 Å². The predicted molar refractivity (Wildman–Crippen MR) is 91.9 cm³/mol. The fourth-order valence-electron chi connectivity index (χ4n) is 2.78. The van der Waals surface area contributed by atoms with Crippen LogP contribution in [0, 0.1) is 5.82 Å². The van der Waals surface area contributed by atoms with Crippen molar-refractivity contribution >= 4 is 18.8 Å². The van der Waals surface area contributed by atoms with Gasteiger partial charge in [0.05, 0.1) is 0 Å². The van der Waals surface area contributed by atoms with E-state index in [1.807, 2.05) is 12.1 Å². The van der Waals surface area contributed by atoms with E-state index in [-0.39, 0.29) is 5.82 Å². The standard InChI is InChI=1S/C6H5FO.3C4H9.Sn/c7-5-1-3-6(8)4-2-5;3*1-3-4-2;/h1-4,8H;3*1,3-4H2,2H3;/q;;;;+1/p-1. The fraction of sp³-hybridized carbons (Fsp3) is 0.667. The van der Waals surface area contributed by atoms with Crippen molar-refractivity contribution in [3.8, 4) is 5.75 Å². The van der Waals surface area contributed by atoms with Crippen molar-refractivity contribution in [2.45, 2.75) is 72.6 Å². The van der Waals surface area contributed by atoms with Gasteiger partial charge in [0, 0.05) is 0 Å². The molecule has 1 aromatic carbocycles. The van der Waals surface area contributed by atoms with Crippen LogP contribution in [0.1, 0.15) is 59.3 Å². The summed E-state index contributed by atoms with van der Waals surface area (Å²) in [5.41, 5.74) is 0. The first-order valence-corrected chi connectivity index (χ1v) is 15.8. The first kappa shape index (κ1) is 18.8. The van der Waals surface area contributed by atoms with E-state index in [0.717, 1.165) is 5.75 Å². The maximum atomic E-state index is 13.1. The second-order valence-electron chi connectivity index (χ2n) is 6.05. The van der Waals surface area contributed by atoms with E-state index in [9.17, 15) is 4.39 Å². The van der Waals surface area contributed by atoms with Crippen LogP contribution in [0.4, 0.5) is 4.39 Å². The molecule has 0 atom stereocenters. The molecule has 21 heavy (non-hydrogen) atoms. The summed E-state index contributed by atoms with van der Waals surface area (Å²) >= 11 is -2.59. The van der Waals surface area contributed by atoms with Gasteiger partial charge in [-0.15, -0.1) is 0 Å². The Hall–Kier alpha value is -0.251. The molecule has 0 radical (unpaired) electrons. The quantitative estimate of drug-likeness (QED) is 0.382. The molecule has 1 aromatic rings. The molecule has 0 N–H and O–H groups in total. The third-order valence-corrected chi connectivity index (χ3v) is 16.8. The normalized spacial score (nSPS) is 11.6. The molecular formula is C18H31FOSn. The Bertz CT molecular complexity index is 356. The molecule has 0 heterocycles. The van der Waals surface area contributed by atoms with Gasteiger partial charge in [0.2, 0.25) is 0 Å². The van der Waals surface area contributed by atoms with Crippen LogP contribution in [0.3, 0.4) is 0 Å². The fourth-order valence-corrected chi connectivity index (χ4v) is 16.2. The first-order valence-electron chi connectivity index (χ1n) is 8.60. The van der Waals surface area contributed by atoms with Gasteiger partial charge >= 0.3 is 135 Å². The summed E-state index contributed by atoms with van der Waals surface area (Å²) in [6, 6.07) is 6.66. The van der Waals surface area contributed by atoms with Gasteiger partial charge in [-0.05, 0) is 0 Å². The van der Waals surface area contributed by atoms with E-state index in [1.165, 1.54) is 64.0 Å². The van der Waals surface area contributed by atoms with Crippen LogP contribution in [0.2, 0.25) is 13.3 Å². The molecule has 1 nitrogen and oxygen atoms in total. The Morgan fingerprint density at radius 3 is 1.62 bits per heavy atom. The van der Waals surface area contributed by atoms with Gasteiger partial charge in [0.1, 0.15) is 0 Å². The Labute approximate surface area is 134 Å². The maximum absolute atomic E-state index is 13.1. The third-order valence-electron chi connectivity index (χ3n) is 4.11. The minimum absolute atomic E-state index is 0.182. The Kier molecular flexibility index (Phi) is 9.37. The van der Waals surface area contributed by atoms with E-state index in [1.54, 1.807) is 0 Å². The van der Waals surface area contributed by atoms with E-state index in [2.05, 4.69) is 20.8 Å². The number of rotatable bonds is 11. The molecule has 0 amide bonds. The molecule has 0 saturated carbocycles. The van der Waals surface area contributed by atoms with Gasteiger partial charge in [-0.25, -0.2) is 0 Å². The van der Waals surface area contributed by atoms with Crippen LogP contribution < -0.4 is 3.07 Å². The summed E-state index contributed by atoms with van der Waals surface area (Å²) in [7, 11) is 0. The third kappa shape index (κ3) is 7.03. The van der Waals surface area contributed by atoms with Crippen molar-refractivity contribution in [3.05, 3.63) is 30.1 Å². The zero-order valence-electron chi connectivity index (χ0n) is 14.0. The van der Waals surface area contributed by atoms with Gasteiger partial charge in [0.15, 0.2) is 0 Å². The predicted octanol–water partition coefficient (Wildman–Crippen LogP) is 6.55. The van der Waals surface area contributed by atoms with Crippen molar-refractivity contribution in [3.63, 3.8) is 0 Å². The molecule has 3 heteroatoms. The zero-order chi connectivity index (χ0) is 15.6. The molecule has 0 fully saturated rings. The summed E-state index contributed by atoms with van der Waals surface area (Å²) < 4.78 is 23.6. The average molecular weight is 401 g/mol. The number of hydrogen-bond donors (Lipinski definition) is 0. The van der Waals surface area contributed by atoms with Crippen LogP contribution in [0.5, 0.6) is 5.75 Å². The Morgan fingerprint density at radius 1 is 0.810 bits per heavy atom. The van der Waals surface area contributed by atoms with Crippen LogP contribution in [0.25, 0.3) is 0 Å². The number of halogens is 1. The van der Waals surface area contributed by atoms with Crippen LogP contribution in [0.15, 0.2) is 24.3 Å². The van der Waals surface area contributed by atoms with Gasteiger partial charge in [-0.1, -0.05) is 0 Å². The molecule has 0 bridgehead atoms. The van der Waals surface area contributed by atoms with Crippen molar-refractivity contribution < 1.29 is 7.46 Å². The van der Waals surface area contributed by atoms with E-state index >= 15 is 0 Å². The Morgan fingerprint density at radius 2 is 1.24 bits per heavy atom. The summed E-state index contributed by atoms with van der Waals surface area (Å²) in [4.78, 5) is 0. The summed E-state index contributed by atoms with van der Waals surface area (Å²) in [6.07, 6.45) is 7.57. The molecule has 0 saturated heterocycles. The topological polar surface area (TPSA) is 9.23 Å². The van der Waals surface area contributed by atoms with Crippen molar-refractivity contribution in [1.29, 1.82) is 0 Å². The number of unbranched alkanes of at least 4 members (excludes halogenated alkanes) is 3. The van der Waals surface area contributed by atoms with Crippen LogP contribution >= 0.6 is 0 Å². The first-order chi connectivity index (χ1) is 10.2. The summed E-state index contributed by atoms with van der Waals surface area (Å²) in [5, 5.41) is 0. The molecule has 120 valence electrons. The van der Waals surface area contributed by atoms with E-state index < -0.39 is 18.8 Å². The molecule has 1 rings (SSSR count). The van der Waals surface area contributed by atoms with Gasteiger partial charge in [-0.3, -0.25) is 0 Å².